The molecule has 19 heavy (non-hydrogen) atoms. The van der Waals surface area contributed by atoms with Gasteiger partial charge in [-0.05, 0) is 42.5 Å². The Bertz CT molecular complexity index is 513. The topological polar surface area (TPSA) is 40.5 Å². The number of carbonyl (C=O) groups is 1. The molecule has 1 aromatic rings. The highest BCUT2D eigenvalue weighted by molar-refractivity contribution is 5.87. The van der Waals surface area contributed by atoms with Crippen molar-refractivity contribution in [1.29, 1.82) is 0 Å². The Morgan fingerprint density at radius 3 is 2.84 bits per heavy atom. The minimum atomic E-state index is -1.03. The van der Waals surface area contributed by atoms with E-state index in [1.165, 1.54) is 24.6 Å². The minimum absolute atomic E-state index is 0.359. The highest BCUT2D eigenvalue weighted by Gasteiger charge is 2.33. The Morgan fingerprint density at radius 1 is 1.58 bits per heavy atom. The van der Waals surface area contributed by atoms with Crippen molar-refractivity contribution < 1.29 is 14.3 Å². The molecule has 102 valence electrons. The van der Waals surface area contributed by atoms with Gasteiger partial charge in [0.2, 0.25) is 0 Å². The lowest BCUT2D eigenvalue weighted by atomic mass is 10.1. The van der Waals surface area contributed by atoms with E-state index >= 15 is 0 Å². The second-order valence-electron chi connectivity index (χ2n) is 5.23. The second kappa shape index (κ2) is 5.43. The van der Waals surface area contributed by atoms with Gasteiger partial charge in [-0.25, -0.2) is 9.18 Å². The number of carboxylic acid groups (broad SMARTS) is 1. The van der Waals surface area contributed by atoms with Gasteiger partial charge < -0.3 is 10.0 Å². The maximum atomic E-state index is 13.3. The minimum Gasteiger partial charge on any atom is -0.478 e. The number of hydrogen-bond donors (Lipinski definition) is 1. The third-order valence-electron chi connectivity index (χ3n) is 3.59. The smallest absolute Gasteiger partial charge is 0.328 e. The molecule has 0 spiro atoms. The van der Waals surface area contributed by atoms with Gasteiger partial charge >= 0.3 is 5.97 Å². The van der Waals surface area contributed by atoms with Crippen LogP contribution in [0.1, 0.15) is 18.9 Å². The summed E-state index contributed by atoms with van der Waals surface area (Å²) in [6.45, 7) is 3.13. The van der Waals surface area contributed by atoms with Crippen molar-refractivity contribution >= 4 is 17.7 Å². The standard InChI is InChI=1S/C15H18FNO2/c1-10-7-12(10)9-17(2)14-5-4-13(16)8-11(14)3-6-15(18)19/h3-6,8,10,12H,7,9H2,1-2H3,(H,18,19). The fraction of sp³-hybridized carbons (Fsp3) is 0.400. The molecule has 2 unspecified atom stereocenters. The molecule has 0 saturated heterocycles. The van der Waals surface area contributed by atoms with E-state index in [0.717, 1.165) is 24.2 Å². The number of halogens is 1. The molecule has 1 aliphatic carbocycles. The molecule has 3 nitrogen and oxygen atoms in total. The molecule has 2 atom stereocenters. The fourth-order valence-electron chi connectivity index (χ4n) is 2.27. The van der Waals surface area contributed by atoms with Crippen LogP contribution in [0.2, 0.25) is 0 Å². The fourth-order valence-corrected chi connectivity index (χ4v) is 2.27. The first-order valence-corrected chi connectivity index (χ1v) is 6.39. The second-order valence-corrected chi connectivity index (χ2v) is 5.23. The van der Waals surface area contributed by atoms with Gasteiger partial charge in [-0.1, -0.05) is 6.92 Å². The zero-order chi connectivity index (χ0) is 14.0. The van der Waals surface area contributed by atoms with Crippen molar-refractivity contribution in [3.63, 3.8) is 0 Å². The lowest BCUT2D eigenvalue weighted by molar-refractivity contribution is -0.131. The summed E-state index contributed by atoms with van der Waals surface area (Å²) in [5.74, 6) is 0.0444. The predicted molar refractivity (Wildman–Crippen MR) is 73.6 cm³/mol. The van der Waals surface area contributed by atoms with E-state index < -0.39 is 5.97 Å². The molecular formula is C15H18FNO2. The van der Waals surface area contributed by atoms with Crippen molar-refractivity contribution in [1.82, 2.24) is 0 Å². The van der Waals surface area contributed by atoms with E-state index in [0.29, 0.717) is 11.5 Å². The summed E-state index contributed by atoms with van der Waals surface area (Å²) in [5.41, 5.74) is 1.45. The molecule has 1 saturated carbocycles. The average Bonchev–Trinajstić information content (AvgIpc) is 3.02. The SMILES string of the molecule is CC1CC1CN(C)c1ccc(F)cc1C=CC(=O)O. The van der Waals surface area contributed by atoms with Crippen LogP contribution < -0.4 is 4.90 Å². The lowest BCUT2D eigenvalue weighted by Gasteiger charge is -2.21. The number of carboxylic acids is 1. The van der Waals surface area contributed by atoms with Gasteiger partial charge in [-0.2, -0.15) is 0 Å². The van der Waals surface area contributed by atoms with E-state index in [4.69, 9.17) is 5.11 Å². The van der Waals surface area contributed by atoms with Gasteiger partial charge in [-0.15, -0.1) is 0 Å². The zero-order valence-corrected chi connectivity index (χ0v) is 11.1. The Balaban J connectivity index is 2.20. The lowest BCUT2D eigenvalue weighted by Crippen LogP contribution is -2.21. The highest BCUT2D eigenvalue weighted by Crippen LogP contribution is 2.39. The van der Waals surface area contributed by atoms with E-state index in [1.807, 2.05) is 7.05 Å². The number of rotatable bonds is 5. The van der Waals surface area contributed by atoms with E-state index in [9.17, 15) is 9.18 Å². The molecule has 1 N–H and O–H groups in total. The zero-order valence-electron chi connectivity index (χ0n) is 11.1. The molecule has 4 heteroatoms. The molecule has 0 radical (unpaired) electrons. The van der Waals surface area contributed by atoms with Gasteiger partial charge in [0.1, 0.15) is 5.82 Å². The Morgan fingerprint density at radius 2 is 2.26 bits per heavy atom. The van der Waals surface area contributed by atoms with Gasteiger partial charge in [0.05, 0.1) is 0 Å². The Hall–Kier alpha value is -1.84. The first kappa shape index (κ1) is 13.6. The van der Waals surface area contributed by atoms with Crippen LogP contribution in [-0.4, -0.2) is 24.7 Å². The predicted octanol–water partition coefficient (Wildman–Crippen LogP) is 3.02. The van der Waals surface area contributed by atoms with Gasteiger partial charge in [0, 0.05) is 30.9 Å². The average molecular weight is 263 g/mol. The highest BCUT2D eigenvalue weighted by atomic mass is 19.1. The van der Waals surface area contributed by atoms with E-state index in [-0.39, 0.29) is 5.82 Å². The summed E-state index contributed by atoms with van der Waals surface area (Å²) >= 11 is 0. The number of hydrogen-bond acceptors (Lipinski definition) is 2. The van der Waals surface area contributed by atoms with Gasteiger partial charge in [0.15, 0.2) is 0 Å². The van der Waals surface area contributed by atoms with Crippen LogP contribution in [0.4, 0.5) is 10.1 Å². The van der Waals surface area contributed by atoms with Gasteiger partial charge in [-0.3, -0.25) is 0 Å². The van der Waals surface area contributed by atoms with Crippen molar-refractivity contribution in [2.75, 3.05) is 18.5 Å². The summed E-state index contributed by atoms with van der Waals surface area (Å²) in [7, 11) is 1.95. The quantitative estimate of drug-likeness (QED) is 0.830. The molecule has 2 rings (SSSR count). The number of anilines is 1. The summed E-state index contributed by atoms with van der Waals surface area (Å²) in [6.07, 6.45) is 3.70. The molecule has 0 aromatic heterocycles. The molecule has 0 heterocycles. The van der Waals surface area contributed by atoms with Crippen LogP contribution >= 0.6 is 0 Å². The van der Waals surface area contributed by atoms with Crippen LogP contribution in [0.25, 0.3) is 6.08 Å². The summed E-state index contributed by atoms with van der Waals surface area (Å²) in [5, 5.41) is 8.67. The third-order valence-corrected chi connectivity index (χ3v) is 3.59. The molecular weight excluding hydrogens is 245 g/mol. The Labute approximate surface area is 112 Å². The monoisotopic (exact) mass is 263 g/mol. The largest absolute Gasteiger partial charge is 0.478 e. The maximum absolute atomic E-state index is 13.3. The number of benzene rings is 1. The van der Waals surface area contributed by atoms with Gasteiger partial charge in [0.25, 0.3) is 0 Å². The third kappa shape index (κ3) is 3.56. The first-order valence-electron chi connectivity index (χ1n) is 6.39. The first-order chi connectivity index (χ1) is 8.97. The molecule has 1 aliphatic rings. The van der Waals surface area contributed by atoms with E-state index in [1.54, 1.807) is 6.07 Å². The molecule has 1 aromatic carbocycles. The van der Waals surface area contributed by atoms with Crippen molar-refractivity contribution in [2.24, 2.45) is 11.8 Å². The Kier molecular flexibility index (Phi) is 3.88. The van der Waals surface area contributed by atoms with Crippen LogP contribution in [-0.2, 0) is 4.79 Å². The summed E-state index contributed by atoms with van der Waals surface area (Å²) < 4.78 is 13.3. The van der Waals surface area contributed by atoms with Crippen LogP contribution in [0.5, 0.6) is 0 Å². The van der Waals surface area contributed by atoms with Crippen LogP contribution in [0.15, 0.2) is 24.3 Å². The van der Waals surface area contributed by atoms with Crippen LogP contribution in [0, 0.1) is 17.7 Å². The van der Waals surface area contributed by atoms with E-state index in [2.05, 4.69) is 11.8 Å². The molecule has 0 amide bonds. The number of aliphatic carboxylic acids is 1. The van der Waals surface area contributed by atoms with Crippen LogP contribution in [0.3, 0.4) is 0 Å². The molecule has 0 aliphatic heterocycles. The summed E-state index contributed by atoms with van der Waals surface area (Å²) in [6, 6.07) is 4.46. The number of nitrogens with zero attached hydrogens (tertiary/aromatic N) is 1. The van der Waals surface area contributed by atoms with Crippen molar-refractivity contribution in [2.45, 2.75) is 13.3 Å². The molecule has 0 bridgehead atoms. The maximum Gasteiger partial charge on any atom is 0.328 e. The summed E-state index contributed by atoms with van der Waals surface area (Å²) in [4.78, 5) is 12.6. The van der Waals surface area contributed by atoms with Crippen molar-refractivity contribution in [3.8, 4) is 0 Å². The molecule has 1 fully saturated rings. The van der Waals surface area contributed by atoms with Crippen molar-refractivity contribution in [3.05, 3.63) is 35.7 Å². The normalized spacial score (nSPS) is 21.6.